The zero-order chi connectivity index (χ0) is 14.1. The molecule has 0 bridgehead atoms. The molecular weight excluding hydrogens is 276 g/mol. The number of halogens is 1. The van der Waals surface area contributed by atoms with Crippen LogP contribution in [0.3, 0.4) is 0 Å². The molecule has 1 N–H and O–H groups in total. The predicted molar refractivity (Wildman–Crippen MR) is 79.6 cm³/mol. The summed E-state index contributed by atoms with van der Waals surface area (Å²) in [6.07, 6.45) is 0. The molecule has 1 heterocycles. The van der Waals surface area contributed by atoms with Gasteiger partial charge in [-0.15, -0.1) is 0 Å². The zero-order valence-electron chi connectivity index (χ0n) is 11.1. The van der Waals surface area contributed by atoms with Gasteiger partial charge >= 0.3 is 0 Å². The number of imidazole rings is 1. The number of hydrogen-bond acceptors (Lipinski definition) is 3. The number of H-pyrrole nitrogens is 1. The van der Waals surface area contributed by atoms with E-state index in [0.717, 1.165) is 16.6 Å². The molecule has 0 atom stereocenters. The Morgan fingerprint density at radius 1 is 1.05 bits per heavy atom. The molecule has 0 amide bonds. The van der Waals surface area contributed by atoms with Gasteiger partial charge in [0, 0.05) is 5.02 Å². The van der Waals surface area contributed by atoms with Crippen molar-refractivity contribution in [3.63, 3.8) is 0 Å². The summed E-state index contributed by atoms with van der Waals surface area (Å²) in [4.78, 5) is 7.81. The van der Waals surface area contributed by atoms with Crippen LogP contribution in [0.4, 0.5) is 0 Å². The van der Waals surface area contributed by atoms with Crippen LogP contribution in [0, 0.1) is 0 Å². The number of benzene rings is 2. The number of hydrogen-bond donors (Lipinski definition) is 1. The Balaban J connectivity index is 2.24. The molecule has 20 heavy (non-hydrogen) atoms. The third-order valence-corrected chi connectivity index (χ3v) is 3.34. The maximum Gasteiger partial charge on any atom is 0.146 e. The number of aromatic amines is 1. The highest BCUT2D eigenvalue weighted by molar-refractivity contribution is 6.31. The van der Waals surface area contributed by atoms with Gasteiger partial charge in [-0.1, -0.05) is 17.7 Å². The quantitative estimate of drug-likeness (QED) is 0.795. The van der Waals surface area contributed by atoms with E-state index in [2.05, 4.69) is 9.97 Å². The minimum Gasteiger partial charge on any atom is -0.496 e. The van der Waals surface area contributed by atoms with Crippen molar-refractivity contribution in [3.05, 3.63) is 41.4 Å². The number of methoxy groups -OCH3 is 2. The highest BCUT2D eigenvalue weighted by atomic mass is 35.5. The maximum atomic E-state index is 5.99. The smallest absolute Gasteiger partial charge is 0.146 e. The van der Waals surface area contributed by atoms with Crippen molar-refractivity contribution in [2.24, 2.45) is 0 Å². The lowest BCUT2D eigenvalue weighted by Gasteiger charge is -2.10. The van der Waals surface area contributed by atoms with Gasteiger partial charge in [-0.2, -0.15) is 0 Å². The van der Waals surface area contributed by atoms with Crippen molar-refractivity contribution in [2.45, 2.75) is 0 Å². The van der Waals surface area contributed by atoms with Crippen molar-refractivity contribution in [2.75, 3.05) is 14.2 Å². The van der Waals surface area contributed by atoms with Gasteiger partial charge in [0.15, 0.2) is 0 Å². The van der Waals surface area contributed by atoms with Gasteiger partial charge in [-0.25, -0.2) is 4.98 Å². The highest BCUT2D eigenvalue weighted by Gasteiger charge is 2.16. The molecule has 102 valence electrons. The first-order valence-corrected chi connectivity index (χ1v) is 6.47. The molecule has 3 aromatic rings. The van der Waals surface area contributed by atoms with Gasteiger partial charge in [0.25, 0.3) is 0 Å². The standard InChI is InChI=1S/C15H13ClN2O2/c1-19-12-4-3-5-13(20-2)14(12)15-17-10-7-6-9(16)8-11(10)18-15/h3-8H,1-2H3,(H,17,18). The monoisotopic (exact) mass is 288 g/mol. The number of fused-ring (bicyclic) bond motifs is 1. The summed E-state index contributed by atoms with van der Waals surface area (Å²) in [5.74, 6) is 2.10. The Morgan fingerprint density at radius 3 is 2.40 bits per heavy atom. The first-order chi connectivity index (χ1) is 9.72. The highest BCUT2D eigenvalue weighted by Crippen LogP contribution is 2.37. The maximum absolute atomic E-state index is 5.99. The van der Waals surface area contributed by atoms with Gasteiger partial charge in [0.2, 0.25) is 0 Å². The van der Waals surface area contributed by atoms with Gasteiger partial charge in [0.05, 0.1) is 25.3 Å². The summed E-state index contributed by atoms with van der Waals surface area (Å²) in [6.45, 7) is 0. The van der Waals surface area contributed by atoms with Crippen molar-refractivity contribution in [3.8, 4) is 22.9 Å². The van der Waals surface area contributed by atoms with E-state index in [1.165, 1.54) is 0 Å². The van der Waals surface area contributed by atoms with Crippen LogP contribution in [0.15, 0.2) is 36.4 Å². The summed E-state index contributed by atoms with van der Waals surface area (Å²) in [6, 6.07) is 11.2. The first kappa shape index (κ1) is 12.8. The molecule has 4 nitrogen and oxygen atoms in total. The van der Waals surface area contributed by atoms with Crippen LogP contribution in [0.25, 0.3) is 22.4 Å². The van der Waals surface area contributed by atoms with Gasteiger partial charge in [-0.3, -0.25) is 0 Å². The molecule has 1 aromatic heterocycles. The molecule has 0 saturated heterocycles. The average Bonchev–Trinajstić information content (AvgIpc) is 2.88. The van der Waals surface area contributed by atoms with Crippen LogP contribution in [0.5, 0.6) is 11.5 Å². The minimum atomic E-state index is 0.666. The molecule has 0 aliphatic heterocycles. The molecule has 3 rings (SSSR count). The Hall–Kier alpha value is -2.20. The fourth-order valence-electron chi connectivity index (χ4n) is 2.18. The van der Waals surface area contributed by atoms with Gasteiger partial charge in [-0.05, 0) is 30.3 Å². The summed E-state index contributed by atoms with van der Waals surface area (Å²) in [7, 11) is 3.25. The Morgan fingerprint density at radius 2 is 1.75 bits per heavy atom. The Kier molecular flexibility index (Phi) is 3.24. The first-order valence-electron chi connectivity index (χ1n) is 6.09. The van der Waals surface area contributed by atoms with E-state index in [1.54, 1.807) is 14.2 Å². The van der Waals surface area contributed by atoms with Crippen LogP contribution < -0.4 is 9.47 Å². The number of aromatic nitrogens is 2. The van der Waals surface area contributed by atoms with Crippen LogP contribution >= 0.6 is 11.6 Å². The molecule has 0 aliphatic rings. The third-order valence-electron chi connectivity index (χ3n) is 3.11. The van der Waals surface area contributed by atoms with Crippen molar-refractivity contribution < 1.29 is 9.47 Å². The Labute approximate surface area is 121 Å². The summed E-state index contributed by atoms with van der Waals surface area (Å²) < 4.78 is 10.8. The lowest BCUT2D eigenvalue weighted by atomic mass is 10.1. The number of nitrogens with one attached hydrogen (secondary N) is 1. The van der Waals surface area contributed by atoms with E-state index in [4.69, 9.17) is 21.1 Å². The summed E-state index contributed by atoms with van der Waals surface area (Å²) in [5, 5.41) is 0.666. The minimum absolute atomic E-state index is 0.666. The van der Waals surface area contributed by atoms with E-state index < -0.39 is 0 Å². The normalized spacial score (nSPS) is 10.8. The molecule has 0 saturated carbocycles. The van der Waals surface area contributed by atoms with Crippen molar-refractivity contribution >= 4 is 22.6 Å². The molecule has 0 unspecified atom stereocenters. The number of rotatable bonds is 3. The lowest BCUT2D eigenvalue weighted by molar-refractivity contribution is 0.397. The number of nitrogens with zero attached hydrogens (tertiary/aromatic N) is 1. The second kappa shape index (κ2) is 5.06. The number of ether oxygens (including phenoxy) is 2. The third kappa shape index (κ3) is 2.08. The molecule has 0 aliphatic carbocycles. The van der Waals surface area contributed by atoms with Crippen molar-refractivity contribution in [1.82, 2.24) is 9.97 Å². The van der Waals surface area contributed by atoms with E-state index in [9.17, 15) is 0 Å². The largest absolute Gasteiger partial charge is 0.496 e. The molecule has 0 fully saturated rings. The second-order valence-corrected chi connectivity index (χ2v) is 4.72. The van der Waals surface area contributed by atoms with Crippen LogP contribution in [-0.4, -0.2) is 24.2 Å². The molecule has 0 radical (unpaired) electrons. The van der Waals surface area contributed by atoms with Gasteiger partial charge < -0.3 is 14.5 Å². The molecule has 2 aromatic carbocycles. The zero-order valence-corrected chi connectivity index (χ0v) is 11.9. The molecule has 0 spiro atoms. The SMILES string of the molecule is COc1cccc(OC)c1-c1nc2ccc(Cl)cc2[nH]1. The van der Waals surface area contributed by atoms with E-state index in [0.29, 0.717) is 22.3 Å². The lowest BCUT2D eigenvalue weighted by Crippen LogP contribution is -1.93. The van der Waals surface area contributed by atoms with Crippen LogP contribution in [0.2, 0.25) is 5.02 Å². The molecule has 5 heteroatoms. The van der Waals surface area contributed by atoms with E-state index >= 15 is 0 Å². The van der Waals surface area contributed by atoms with E-state index in [1.807, 2.05) is 36.4 Å². The second-order valence-electron chi connectivity index (χ2n) is 4.28. The van der Waals surface area contributed by atoms with Crippen molar-refractivity contribution in [1.29, 1.82) is 0 Å². The van der Waals surface area contributed by atoms with E-state index in [-0.39, 0.29) is 0 Å². The fraction of sp³-hybridized carbons (Fsp3) is 0.133. The Bertz CT molecular complexity index is 745. The molecular formula is C15H13ClN2O2. The summed E-state index contributed by atoms with van der Waals surface area (Å²) >= 11 is 5.99. The summed E-state index contributed by atoms with van der Waals surface area (Å²) in [5.41, 5.74) is 2.52. The van der Waals surface area contributed by atoms with Gasteiger partial charge in [0.1, 0.15) is 22.9 Å². The topological polar surface area (TPSA) is 47.1 Å². The van der Waals surface area contributed by atoms with Crippen LogP contribution in [0.1, 0.15) is 0 Å². The predicted octanol–water partition coefficient (Wildman–Crippen LogP) is 3.90. The van der Waals surface area contributed by atoms with Crippen LogP contribution in [-0.2, 0) is 0 Å². The fourth-order valence-corrected chi connectivity index (χ4v) is 2.36. The average molecular weight is 289 g/mol.